The van der Waals surface area contributed by atoms with Crippen LogP contribution in [0.1, 0.15) is 20.3 Å². The zero-order chi connectivity index (χ0) is 27.9. The lowest BCUT2D eigenvalue weighted by Gasteiger charge is -2.32. The highest BCUT2D eigenvalue weighted by Crippen LogP contribution is 2.13. The van der Waals surface area contributed by atoms with Gasteiger partial charge in [0, 0.05) is 72.0 Å². The highest BCUT2D eigenvalue weighted by molar-refractivity contribution is 5.78. The Bertz CT molecular complexity index is 965. The molecule has 0 unspecified atom stereocenters. The van der Waals surface area contributed by atoms with Gasteiger partial charge in [-0.2, -0.15) is 0 Å². The van der Waals surface area contributed by atoms with Crippen molar-refractivity contribution in [3.63, 3.8) is 0 Å². The predicted octanol–water partition coefficient (Wildman–Crippen LogP) is -1.84. The number of nitrogens with zero attached hydrogens (tertiary/aromatic N) is 4. The van der Waals surface area contributed by atoms with Gasteiger partial charge < -0.3 is 30.8 Å². The second-order valence-electron chi connectivity index (χ2n) is 9.46. The number of aliphatic carboxylic acids is 1. The zero-order valence-corrected chi connectivity index (χ0v) is 22.7. The number of carbonyl (C=O) groups excluding carboxylic acids is 2. The van der Waals surface area contributed by atoms with Gasteiger partial charge in [0.1, 0.15) is 17.7 Å². The van der Waals surface area contributed by atoms with Crippen LogP contribution in [0.5, 0.6) is 0 Å². The summed E-state index contributed by atoms with van der Waals surface area (Å²) in [5.74, 6) is -1.08. The summed E-state index contributed by atoms with van der Waals surface area (Å²) in [6.45, 7) is 11.5. The van der Waals surface area contributed by atoms with Gasteiger partial charge in [-0.1, -0.05) is 13.8 Å². The topological polar surface area (TPSA) is 155 Å². The number of hydrogen-bond acceptors (Lipinski definition) is 11. The van der Waals surface area contributed by atoms with E-state index in [1.807, 2.05) is 21.6 Å². The third kappa shape index (κ3) is 10.5. The molecule has 2 rings (SSSR count). The second-order valence-corrected chi connectivity index (χ2v) is 9.46. The van der Waals surface area contributed by atoms with E-state index in [0.717, 1.165) is 32.3 Å². The normalized spacial score (nSPS) is 17.4. The van der Waals surface area contributed by atoms with Crippen LogP contribution >= 0.6 is 0 Å². The molecule has 214 valence electrons. The summed E-state index contributed by atoms with van der Waals surface area (Å²) in [7, 11) is 0. The SMILES string of the molecule is CCCNc1c(NCCNC(=O)CN2CCN(CC)CCN(CC=O)CCN(CC(=O)O)CC2)c(=O)c1=O. The van der Waals surface area contributed by atoms with Gasteiger partial charge in [0.2, 0.25) is 5.91 Å². The fourth-order valence-corrected chi connectivity index (χ4v) is 4.32. The first kappa shape index (κ1) is 31.3. The third-order valence-corrected chi connectivity index (χ3v) is 6.65. The van der Waals surface area contributed by atoms with Gasteiger partial charge in [0.15, 0.2) is 0 Å². The lowest BCUT2D eigenvalue weighted by Crippen LogP contribution is -2.49. The maximum absolute atomic E-state index is 12.7. The lowest BCUT2D eigenvalue weighted by molar-refractivity contribution is -0.138. The first-order chi connectivity index (χ1) is 18.3. The van der Waals surface area contributed by atoms with Crippen molar-refractivity contribution >= 4 is 29.5 Å². The van der Waals surface area contributed by atoms with E-state index in [0.29, 0.717) is 64.6 Å². The largest absolute Gasteiger partial charge is 0.480 e. The molecule has 1 saturated heterocycles. The van der Waals surface area contributed by atoms with Crippen molar-refractivity contribution in [2.24, 2.45) is 0 Å². The molecule has 1 aromatic rings. The Morgan fingerprint density at radius 3 is 1.76 bits per heavy atom. The smallest absolute Gasteiger partial charge is 0.317 e. The van der Waals surface area contributed by atoms with Crippen molar-refractivity contribution in [2.75, 3.05) is 109 Å². The molecule has 1 aromatic carbocycles. The molecule has 1 heterocycles. The first-order valence-electron chi connectivity index (χ1n) is 13.4. The Labute approximate surface area is 223 Å². The molecule has 0 aromatic heterocycles. The van der Waals surface area contributed by atoms with Crippen LogP contribution in [-0.2, 0) is 14.4 Å². The lowest BCUT2D eigenvalue weighted by atomic mass is 10.2. The predicted molar refractivity (Wildman–Crippen MR) is 147 cm³/mol. The van der Waals surface area contributed by atoms with Crippen LogP contribution in [0, 0.1) is 0 Å². The highest BCUT2D eigenvalue weighted by atomic mass is 16.4. The van der Waals surface area contributed by atoms with E-state index in [4.69, 9.17) is 0 Å². The van der Waals surface area contributed by atoms with E-state index in [1.54, 1.807) is 0 Å². The molecule has 4 N–H and O–H groups in total. The Kier molecular flexibility index (Phi) is 13.9. The molecule has 1 aliphatic rings. The van der Waals surface area contributed by atoms with Gasteiger partial charge in [-0.25, -0.2) is 0 Å². The van der Waals surface area contributed by atoms with Crippen LogP contribution in [0.15, 0.2) is 9.59 Å². The molecular weight excluding hydrogens is 494 g/mol. The van der Waals surface area contributed by atoms with Gasteiger partial charge >= 0.3 is 5.97 Å². The third-order valence-electron chi connectivity index (χ3n) is 6.65. The fraction of sp³-hybridized carbons (Fsp3) is 0.720. The quantitative estimate of drug-likeness (QED) is 0.120. The first-order valence-corrected chi connectivity index (χ1v) is 13.4. The minimum Gasteiger partial charge on any atom is -0.480 e. The fourth-order valence-electron chi connectivity index (χ4n) is 4.32. The molecule has 1 amide bonds. The molecule has 1 fully saturated rings. The highest BCUT2D eigenvalue weighted by Gasteiger charge is 2.21. The molecule has 0 bridgehead atoms. The van der Waals surface area contributed by atoms with E-state index in [9.17, 15) is 29.1 Å². The number of hydrogen-bond donors (Lipinski definition) is 4. The second kappa shape index (κ2) is 16.9. The van der Waals surface area contributed by atoms with Gasteiger partial charge in [-0.3, -0.25) is 33.9 Å². The molecule has 0 spiro atoms. The van der Waals surface area contributed by atoms with E-state index in [2.05, 4.69) is 27.8 Å². The van der Waals surface area contributed by atoms with Crippen molar-refractivity contribution in [1.29, 1.82) is 0 Å². The number of carboxylic acid groups (broad SMARTS) is 1. The summed E-state index contributed by atoms with van der Waals surface area (Å²) in [5, 5.41) is 18.1. The molecule has 0 radical (unpaired) electrons. The number of rotatable bonds is 14. The van der Waals surface area contributed by atoms with E-state index >= 15 is 0 Å². The number of aldehydes is 1. The molecule has 38 heavy (non-hydrogen) atoms. The van der Waals surface area contributed by atoms with E-state index in [1.165, 1.54) is 0 Å². The van der Waals surface area contributed by atoms with Crippen molar-refractivity contribution in [3.05, 3.63) is 20.4 Å². The van der Waals surface area contributed by atoms with Crippen LogP contribution in [0.3, 0.4) is 0 Å². The molecule has 0 saturated carbocycles. The molecular formula is C25H43N7O6. The number of carboxylic acids is 1. The maximum Gasteiger partial charge on any atom is 0.317 e. The number of nitrogens with one attached hydrogen (secondary N) is 3. The number of anilines is 2. The van der Waals surface area contributed by atoms with Crippen molar-refractivity contribution in [2.45, 2.75) is 20.3 Å². The average molecular weight is 538 g/mol. The monoisotopic (exact) mass is 537 g/mol. The zero-order valence-electron chi connectivity index (χ0n) is 22.7. The minimum absolute atomic E-state index is 0.103. The number of carbonyl (C=O) groups is 3. The Morgan fingerprint density at radius 2 is 1.26 bits per heavy atom. The summed E-state index contributed by atoms with van der Waals surface area (Å²) < 4.78 is 0. The van der Waals surface area contributed by atoms with Gasteiger partial charge in [0.25, 0.3) is 10.9 Å². The summed E-state index contributed by atoms with van der Waals surface area (Å²) in [6.07, 6.45) is 1.70. The van der Waals surface area contributed by atoms with Crippen molar-refractivity contribution in [1.82, 2.24) is 24.9 Å². The summed E-state index contributed by atoms with van der Waals surface area (Å²) in [6, 6.07) is 0. The maximum atomic E-state index is 12.7. The molecule has 13 heteroatoms. The van der Waals surface area contributed by atoms with Crippen LogP contribution in [0.4, 0.5) is 11.4 Å². The van der Waals surface area contributed by atoms with E-state index < -0.39 is 16.8 Å². The molecule has 13 nitrogen and oxygen atoms in total. The molecule has 0 aliphatic carbocycles. The summed E-state index contributed by atoms with van der Waals surface area (Å²) in [4.78, 5) is 66.8. The van der Waals surface area contributed by atoms with Crippen LogP contribution in [0.25, 0.3) is 0 Å². The number of likely N-dealkylation sites (N-methyl/N-ethyl adjacent to an activating group) is 1. The van der Waals surface area contributed by atoms with Crippen molar-refractivity contribution in [3.8, 4) is 0 Å². The summed E-state index contributed by atoms with van der Waals surface area (Å²) >= 11 is 0. The Morgan fingerprint density at radius 1 is 0.763 bits per heavy atom. The Hall–Kier alpha value is -2.87. The summed E-state index contributed by atoms with van der Waals surface area (Å²) in [5.41, 5.74) is -0.487. The molecule has 0 atom stereocenters. The van der Waals surface area contributed by atoms with Crippen molar-refractivity contribution < 1.29 is 19.5 Å². The Balaban J connectivity index is 1.90. The van der Waals surface area contributed by atoms with Crippen LogP contribution in [-0.4, -0.2) is 141 Å². The van der Waals surface area contributed by atoms with Gasteiger partial charge in [0.05, 0.1) is 19.6 Å². The van der Waals surface area contributed by atoms with Gasteiger partial charge in [-0.15, -0.1) is 0 Å². The minimum atomic E-state index is -0.914. The number of amides is 1. The van der Waals surface area contributed by atoms with Crippen LogP contribution in [0.2, 0.25) is 0 Å². The standard InChI is InChI=1S/C25H43N7O6/c1-3-5-27-22-23(25(38)24(22)37)28-7-6-26-20(34)18-31-12-9-29(4-2)8-10-30(16-17-33)11-13-32(15-14-31)19-21(35)36/h17,27-28H,3-16,18-19H2,1-2H3,(H,26,34)(H,35,36). The average Bonchev–Trinajstić information content (AvgIpc) is 2.89. The molecule has 1 aliphatic heterocycles. The van der Waals surface area contributed by atoms with Gasteiger partial charge in [-0.05, 0) is 13.0 Å². The van der Waals surface area contributed by atoms with E-state index in [-0.39, 0.29) is 31.2 Å². The van der Waals surface area contributed by atoms with Crippen LogP contribution < -0.4 is 26.8 Å².